The van der Waals surface area contributed by atoms with Gasteiger partial charge in [-0.2, -0.15) is 0 Å². The first kappa shape index (κ1) is 61.8. The van der Waals surface area contributed by atoms with Crippen LogP contribution in [0.1, 0.15) is 220 Å². The van der Waals surface area contributed by atoms with Crippen LogP contribution in [-0.2, 0) is 28.6 Å². The maximum atomic E-state index is 12.8. The standard InChI is InChI=1S/C60H96O6/c1-4-7-10-13-16-19-22-25-27-29-30-32-34-36-39-41-44-47-50-53-59(62)65-56-57(66-60(63)54-51-48-45-42-37-24-21-18-15-12-9-6-3)55-64-58(61)52-49-46-43-40-38-35-33-31-28-26-23-20-17-14-11-8-5-2/h7-8,10-11,16-17,19-20,25-28,30,32-33,35-36,39,44,47,57H,4-6,9,12-15,18,21-24,29,31,34,37-38,40-43,45-46,48-56H2,1-3H3/b10-7-,11-8-,19-16-,20-17-,27-25-,28-26-,32-30-,35-33-,39-36-,47-44-/t57-/m0/s1. The highest BCUT2D eigenvalue weighted by atomic mass is 16.6. The molecular weight excluding hydrogens is 817 g/mol. The van der Waals surface area contributed by atoms with E-state index in [0.717, 1.165) is 116 Å². The highest BCUT2D eigenvalue weighted by Gasteiger charge is 2.19. The zero-order valence-corrected chi connectivity index (χ0v) is 42.4. The van der Waals surface area contributed by atoms with Crippen molar-refractivity contribution in [2.45, 2.75) is 226 Å². The molecule has 0 saturated heterocycles. The molecule has 66 heavy (non-hydrogen) atoms. The third-order valence-corrected chi connectivity index (χ3v) is 10.7. The maximum Gasteiger partial charge on any atom is 0.306 e. The molecule has 0 aliphatic heterocycles. The summed E-state index contributed by atoms with van der Waals surface area (Å²) in [6, 6.07) is 0. The first-order chi connectivity index (χ1) is 32.5. The van der Waals surface area contributed by atoms with Crippen molar-refractivity contribution in [1.82, 2.24) is 0 Å². The fourth-order valence-electron chi connectivity index (χ4n) is 6.81. The van der Waals surface area contributed by atoms with Crippen molar-refractivity contribution in [2.24, 2.45) is 0 Å². The van der Waals surface area contributed by atoms with E-state index in [0.29, 0.717) is 19.3 Å². The summed E-state index contributed by atoms with van der Waals surface area (Å²) in [5.41, 5.74) is 0. The number of rotatable bonds is 46. The van der Waals surface area contributed by atoms with Gasteiger partial charge in [0.05, 0.1) is 0 Å². The minimum Gasteiger partial charge on any atom is -0.462 e. The molecule has 0 rings (SSSR count). The van der Waals surface area contributed by atoms with Crippen LogP contribution in [0, 0.1) is 0 Å². The van der Waals surface area contributed by atoms with E-state index in [1.807, 2.05) is 12.2 Å². The lowest BCUT2D eigenvalue weighted by atomic mass is 10.0. The molecular formula is C60H96O6. The van der Waals surface area contributed by atoms with Gasteiger partial charge in [0.2, 0.25) is 0 Å². The second-order valence-corrected chi connectivity index (χ2v) is 17.0. The van der Waals surface area contributed by atoms with Crippen molar-refractivity contribution >= 4 is 17.9 Å². The van der Waals surface area contributed by atoms with Gasteiger partial charge in [-0.25, -0.2) is 0 Å². The van der Waals surface area contributed by atoms with Gasteiger partial charge < -0.3 is 14.2 Å². The Kier molecular flexibility index (Phi) is 50.0. The lowest BCUT2D eigenvalue weighted by molar-refractivity contribution is -0.166. The van der Waals surface area contributed by atoms with Gasteiger partial charge in [-0.15, -0.1) is 0 Å². The summed E-state index contributed by atoms with van der Waals surface area (Å²) in [6.07, 6.45) is 73.3. The van der Waals surface area contributed by atoms with E-state index in [2.05, 4.69) is 130 Å². The Morgan fingerprint density at radius 1 is 0.318 bits per heavy atom. The Hall–Kier alpha value is -4.19. The van der Waals surface area contributed by atoms with E-state index >= 15 is 0 Å². The molecule has 0 radical (unpaired) electrons. The van der Waals surface area contributed by atoms with Crippen LogP contribution < -0.4 is 0 Å². The van der Waals surface area contributed by atoms with Gasteiger partial charge in [0.15, 0.2) is 6.10 Å². The van der Waals surface area contributed by atoms with Crippen LogP contribution in [0.25, 0.3) is 0 Å². The molecule has 0 heterocycles. The fourth-order valence-corrected chi connectivity index (χ4v) is 6.81. The van der Waals surface area contributed by atoms with E-state index in [4.69, 9.17) is 14.2 Å². The molecule has 0 aliphatic rings. The molecule has 0 fully saturated rings. The minimum atomic E-state index is -0.820. The third kappa shape index (κ3) is 50.8. The molecule has 0 aromatic rings. The summed E-state index contributed by atoms with van der Waals surface area (Å²) in [5.74, 6) is -1.03. The third-order valence-electron chi connectivity index (χ3n) is 10.7. The van der Waals surface area contributed by atoms with E-state index in [-0.39, 0.29) is 37.5 Å². The smallest absolute Gasteiger partial charge is 0.306 e. The van der Waals surface area contributed by atoms with Gasteiger partial charge in [-0.3, -0.25) is 14.4 Å². The Labute approximate surface area is 405 Å². The topological polar surface area (TPSA) is 78.9 Å². The highest BCUT2D eigenvalue weighted by molar-refractivity contribution is 5.71. The van der Waals surface area contributed by atoms with Crippen molar-refractivity contribution in [2.75, 3.05) is 13.2 Å². The second-order valence-electron chi connectivity index (χ2n) is 17.0. The lowest BCUT2D eigenvalue weighted by Crippen LogP contribution is -2.30. The second kappa shape index (κ2) is 53.4. The Balaban J connectivity index is 4.53. The predicted octanol–water partition coefficient (Wildman–Crippen LogP) is 17.7. The number of hydrogen-bond acceptors (Lipinski definition) is 6. The molecule has 372 valence electrons. The van der Waals surface area contributed by atoms with Crippen LogP contribution in [0.4, 0.5) is 0 Å². The summed E-state index contributed by atoms with van der Waals surface area (Å²) < 4.78 is 16.7. The van der Waals surface area contributed by atoms with Crippen molar-refractivity contribution in [3.8, 4) is 0 Å². The number of unbranched alkanes of at least 4 members (excludes halogenated alkanes) is 15. The quantitative estimate of drug-likeness (QED) is 0.0262. The summed E-state index contributed by atoms with van der Waals surface area (Å²) >= 11 is 0. The van der Waals surface area contributed by atoms with Crippen LogP contribution in [-0.4, -0.2) is 37.2 Å². The molecule has 0 bridgehead atoms. The molecule has 0 aromatic carbocycles. The normalized spacial score (nSPS) is 13.1. The number of carbonyl (C=O) groups excluding carboxylic acids is 3. The van der Waals surface area contributed by atoms with Gasteiger partial charge in [0.1, 0.15) is 13.2 Å². The van der Waals surface area contributed by atoms with E-state index in [1.165, 1.54) is 57.8 Å². The molecule has 0 amide bonds. The number of allylic oxidation sites excluding steroid dienone is 20. The van der Waals surface area contributed by atoms with E-state index < -0.39 is 6.10 Å². The first-order valence-electron chi connectivity index (χ1n) is 26.5. The molecule has 1 atom stereocenters. The summed E-state index contributed by atoms with van der Waals surface area (Å²) in [5, 5.41) is 0. The average Bonchev–Trinajstić information content (AvgIpc) is 3.31. The maximum absolute atomic E-state index is 12.8. The number of hydrogen-bond donors (Lipinski definition) is 0. The number of esters is 3. The van der Waals surface area contributed by atoms with Crippen LogP contribution in [0.3, 0.4) is 0 Å². The molecule has 6 heteroatoms. The zero-order chi connectivity index (χ0) is 47.9. The minimum absolute atomic E-state index is 0.116. The summed E-state index contributed by atoms with van der Waals surface area (Å²) in [7, 11) is 0. The Bertz CT molecular complexity index is 1420. The Morgan fingerprint density at radius 2 is 0.621 bits per heavy atom. The molecule has 0 saturated carbocycles. The lowest BCUT2D eigenvalue weighted by Gasteiger charge is -2.18. The number of carbonyl (C=O) groups is 3. The largest absolute Gasteiger partial charge is 0.462 e. The Morgan fingerprint density at radius 3 is 1.02 bits per heavy atom. The summed E-state index contributed by atoms with van der Waals surface area (Å²) in [6.45, 7) is 6.31. The molecule has 0 spiro atoms. The molecule has 0 N–H and O–H groups in total. The molecule has 0 aromatic heterocycles. The van der Waals surface area contributed by atoms with E-state index in [1.54, 1.807) is 0 Å². The van der Waals surface area contributed by atoms with Gasteiger partial charge in [-0.05, 0) is 96.3 Å². The highest BCUT2D eigenvalue weighted by Crippen LogP contribution is 2.14. The number of ether oxygens (including phenoxy) is 3. The van der Waals surface area contributed by atoms with Gasteiger partial charge in [-0.1, -0.05) is 226 Å². The van der Waals surface area contributed by atoms with Crippen molar-refractivity contribution in [3.63, 3.8) is 0 Å². The van der Waals surface area contributed by atoms with Crippen molar-refractivity contribution in [1.29, 1.82) is 0 Å². The fraction of sp³-hybridized carbons (Fsp3) is 0.617. The molecule has 0 aliphatic carbocycles. The van der Waals surface area contributed by atoms with Crippen molar-refractivity contribution < 1.29 is 28.6 Å². The monoisotopic (exact) mass is 913 g/mol. The average molecular weight is 913 g/mol. The van der Waals surface area contributed by atoms with Gasteiger partial charge in [0.25, 0.3) is 0 Å². The van der Waals surface area contributed by atoms with Crippen LogP contribution in [0.5, 0.6) is 0 Å². The SMILES string of the molecule is CC/C=C\C/C=C\C/C=C\C/C=C\C/C=C\C/C=C\CCC(=O)OC[C@H](COC(=O)CCCCCC/C=C\C/C=C\C/C=C\C/C=C\CC)OC(=O)CCCCCCCCCCCCCC. The summed E-state index contributed by atoms with van der Waals surface area (Å²) in [4.78, 5) is 38.0. The predicted molar refractivity (Wildman–Crippen MR) is 283 cm³/mol. The van der Waals surface area contributed by atoms with Gasteiger partial charge in [0, 0.05) is 19.3 Å². The molecule has 6 nitrogen and oxygen atoms in total. The molecule has 0 unspecified atom stereocenters. The van der Waals surface area contributed by atoms with Crippen LogP contribution >= 0.6 is 0 Å². The van der Waals surface area contributed by atoms with Crippen LogP contribution in [0.15, 0.2) is 122 Å². The first-order valence-corrected chi connectivity index (χ1v) is 26.5. The van der Waals surface area contributed by atoms with Gasteiger partial charge >= 0.3 is 17.9 Å². The van der Waals surface area contributed by atoms with Crippen LogP contribution in [0.2, 0.25) is 0 Å². The zero-order valence-electron chi connectivity index (χ0n) is 42.4. The van der Waals surface area contributed by atoms with Crippen molar-refractivity contribution in [3.05, 3.63) is 122 Å². The van der Waals surface area contributed by atoms with E-state index in [9.17, 15) is 14.4 Å².